The van der Waals surface area contributed by atoms with Crippen molar-refractivity contribution in [1.29, 1.82) is 0 Å². The van der Waals surface area contributed by atoms with Gasteiger partial charge in [-0.25, -0.2) is 4.98 Å². The molecule has 2 aliphatic rings. The molecule has 198 valence electrons. The van der Waals surface area contributed by atoms with E-state index in [9.17, 15) is 9.59 Å². The van der Waals surface area contributed by atoms with Crippen LogP contribution in [0.3, 0.4) is 0 Å². The molecular formula is C28H25N5O4S2. The van der Waals surface area contributed by atoms with E-state index in [1.807, 2.05) is 36.4 Å². The van der Waals surface area contributed by atoms with Crippen LogP contribution in [0.1, 0.15) is 11.3 Å². The third kappa shape index (κ3) is 4.90. The third-order valence-corrected chi connectivity index (χ3v) is 8.19. The number of carbonyl (C=O) groups is 1. The number of benzene rings is 1. The number of fused-ring (bicyclic) bond motifs is 1. The summed E-state index contributed by atoms with van der Waals surface area (Å²) >= 11 is 6.67. The minimum Gasteiger partial charge on any atom is -0.497 e. The van der Waals surface area contributed by atoms with Crippen molar-refractivity contribution < 1.29 is 13.9 Å². The Bertz CT molecular complexity index is 1620. The molecule has 0 saturated carbocycles. The van der Waals surface area contributed by atoms with Crippen LogP contribution in [0.25, 0.3) is 11.7 Å². The summed E-state index contributed by atoms with van der Waals surface area (Å²) in [7, 11) is 1.65. The van der Waals surface area contributed by atoms with Gasteiger partial charge >= 0.3 is 0 Å². The van der Waals surface area contributed by atoms with Crippen LogP contribution < -0.4 is 20.1 Å². The van der Waals surface area contributed by atoms with E-state index in [2.05, 4.69) is 9.80 Å². The van der Waals surface area contributed by atoms with Crippen molar-refractivity contribution in [2.45, 2.75) is 6.54 Å². The van der Waals surface area contributed by atoms with Crippen LogP contribution in [0, 0.1) is 0 Å². The molecule has 39 heavy (non-hydrogen) atoms. The van der Waals surface area contributed by atoms with E-state index in [1.54, 1.807) is 43.8 Å². The number of hydrogen-bond acceptors (Lipinski definition) is 9. The summed E-state index contributed by atoms with van der Waals surface area (Å²) in [4.78, 5) is 38.2. The Morgan fingerprint density at radius 2 is 1.79 bits per heavy atom. The van der Waals surface area contributed by atoms with Crippen molar-refractivity contribution in [3.8, 4) is 5.75 Å². The number of furan rings is 1. The minimum atomic E-state index is -0.255. The summed E-state index contributed by atoms with van der Waals surface area (Å²) in [6.45, 7) is 3.09. The van der Waals surface area contributed by atoms with Gasteiger partial charge in [-0.15, -0.1) is 0 Å². The lowest BCUT2D eigenvalue weighted by Crippen LogP contribution is -2.47. The van der Waals surface area contributed by atoms with E-state index in [1.165, 1.54) is 21.1 Å². The molecule has 3 aromatic heterocycles. The molecule has 6 rings (SSSR count). The Morgan fingerprint density at radius 3 is 2.51 bits per heavy atom. The van der Waals surface area contributed by atoms with Gasteiger partial charge in [0.15, 0.2) is 0 Å². The molecule has 5 heterocycles. The van der Waals surface area contributed by atoms with Gasteiger partial charge < -0.3 is 19.0 Å². The zero-order valence-electron chi connectivity index (χ0n) is 21.1. The number of carbonyl (C=O) groups excluding carboxylic acids is 1. The molecule has 1 aromatic carbocycles. The maximum atomic E-state index is 13.7. The number of thioether (sulfide) groups is 1. The Labute approximate surface area is 234 Å². The predicted molar refractivity (Wildman–Crippen MR) is 156 cm³/mol. The van der Waals surface area contributed by atoms with Gasteiger partial charge in [0.25, 0.3) is 11.5 Å². The quantitative estimate of drug-likeness (QED) is 0.257. The Hall–Kier alpha value is -4.09. The van der Waals surface area contributed by atoms with E-state index in [0.717, 1.165) is 24.5 Å². The van der Waals surface area contributed by atoms with Gasteiger partial charge in [-0.2, -0.15) is 0 Å². The Morgan fingerprint density at radius 1 is 1.03 bits per heavy atom. The van der Waals surface area contributed by atoms with Crippen LogP contribution in [0.4, 0.5) is 11.5 Å². The highest BCUT2D eigenvalue weighted by Gasteiger charge is 2.34. The second-order valence-electron chi connectivity index (χ2n) is 9.10. The van der Waals surface area contributed by atoms with Crippen LogP contribution in [0.5, 0.6) is 5.75 Å². The van der Waals surface area contributed by atoms with Crippen molar-refractivity contribution in [3.05, 3.63) is 93.6 Å². The van der Waals surface area contributed by atoms with Gasteiger partial charge in [-0.05, 0) is 54.6 Å². The zero-order chi connectivity index (χ0) is 26.9. The SMILES string of the molecule is COc1ccc(N2CCN(c3nc4ccccn4c(=O)c3/C=C3\SC(=S)N(Cc4ccco4)C3=O)CC2)cc1. The van der Waals surface area contributed by atoms with Crippen molar-refractivity contribution >= 4 is 57.4 Å². The monoisotopic (exact) mass is 559 g/mol. The van der Waals surface area contributed by atoms with Gasteiger partial charge in [-0.1, -0.05) is 30.0 Å². The van der Waals surface area contributed by atoms with Crippen LogP contribution in [-0.2, 0) is 11.3 Å². The molecule has 0 N–H and O–H groups in total. The molecule has 9 nitrogen and oxygen atoms in total. The lowest BCUT2D eigenvalue weighted by atomic mass is 10.2. The molecule has 2 saturated heterocycles. The maximum Gasteiger partial charge on any atom is 0.267 e. The predicted octanol–water partition coefficient (Wildman–Crippen LogP) is 4.02. The summed E-state index contributed by atoms with van der Waals surface area (Å²) in [5.41, 5.74) is 1.81. The lowest BCUT2D eigenvalue weighted by Gasteiger charge is -2.37. The first-order valence-electron chi connectivity index (χ1n) is 12.4. The van der Waals surface area contributed by atoms with E-state index in [0.29, 0.717) is 45.1 Å². The highest BCUT2D eigenvalue weighted by Crippen LogP contribution is 2.35. The van der Waals surface area contributed by atoms with Crippen molar-refractivity contribution in [1.82, 2.24) is 14.3 Å². The number of pyridine rings is 1. The number of methoxy groups -OCH3 is 1. The number of piperazine rings is 1. The van der Waals surface area contributed by atoms with Crippen LogP contribution in [0.2, 0.25) is 0 Å². The average molecular weight is 560 g/mol. The molecule has 2 aliphatic heterocycles. The zero-order valence-corrected chi connectivity index (χ0v) is 22.8. The van der Waals surface area contributed by atoms with Crippen molar-refractivity contribution in [2.24, 2.45) is 0 Å². The molecule has 11 heteroatoms. The maximum absolute atomic E-state index is 13.7. The average Bonchev–Trinajstić information content (AvgIpc) is 3.58. The number of nitrogens with zero attached hydrogens (tertiary/aromatic N) is 5. The second kappa shape index (κ2) is 10.6. The fourth-order valence-electron chi connectivity index (χ4n) is 4.75. The first-order valence-corrected chi connectivity index (χ1v) is 13.7. The van der Waals surface area contributed by atoms with Gasteiger partial charge in [0, 0.05) is 38.1 Å². The molecular weight excluding hydrogens is 534 g/mol. The number of ether oxygens (including phenoxy) is 1. The second-order valence-corrected chi connectivity index (χ2v) is 10.8. The Kier molecular flexibility index (Phi) is 6.84. The lowest BCUT2D eigenvalue weighted by molar-refractivity contribution is -0.122. The van der Waals surface area contributed by atoms with Gasteiger partial charge in [0.2, 0.25) is 0 Å². The normalized spacial score (nSPS) is 17.1. The summed E-state index contributed by atoms with van der Waals surface area (Å²) in [5.74, 6) is 1.76. The summed E-state index contributed by atoms with van der Waals surface area (Å²) in [6.07, 6.45) is 4.89. The molecule has 0 radical (unpaired) electrons. The molecule has 0 bridgehead atoms. The van der Waals surface area contributed by atoms with Gasteiger partial charge in [-0.3, -0.25) is 18.9 Å². The molecule has 0 unspecified atom stereocenters. The smallest absolute Gasteiger partial charge is 0.267 e. The summed E-state index contributed by atoms with van der Waals surface area (Å²) in [5, 5.41) is 0. The number of aromatic nitrogens is 2. The largest absolute Gasteiger partial charge is 0.497 e. The summed E-state index contributed by atoms with van der Waals surface area (Å²) in [6, 6.07) is 17.0. The molecule has 4 aromatic rings. The standard InChI is InChI=1S/C28H25N5O4S2/c1-36-20-9-7-19(8-10-20)30-12-14-31(15-13-30)25-22(26(34)32-11-3-2-6-24(32)29-25)17-23-27(35)33(28(38)39-23)18-21-5-4-16-37-21/h2-11,16-17H,12-15,18H2,1H3/b23-17-. The fourth-order valence-corrected chi connectivity index (χ4v) is 5.99. The molecule has 1 amide bonds. The first kappa shape index (κ1) is 25.2. The molecule has 2 fully saturated rings. The van der Waals surface area contributed by atoms with Gasteiger partial charge in [0.1, 0.15) is 27.3 Å². The van der Waals surface area contributed by atoms with Crippen LogP contribution in [-0.4, -0.2) is 57.8 Å². The third-order valence-electron chi connectivity index (χ3n) is 6.81. The first-order chi connectivity index (χ1) is 19.0. The van der Waals surface area contributed by atoms with Crippen LogP contribution in [0.15, 0.2) is 81.2 Å². The Balaban J connectivity index is 1.32. The van der Waals surface area contributed by atoms with Crippen molar-refractivity contribution in [2.75, 3.05) is 43.1 Å². The highest BCUT2D eigenvalue weighted by atomic mass is 32.2. The van der Waals surface area contributed by atoms with E-state index < -0.39 is 0 Å². The summed E-state index contributed by atoms with van der Waals surface area (Å²) < 4.78 is 12.6. The highest BCUT2D eigenvalue weighted by molar-refractivity contribution is 8.26. The molecule has 0 aliphatic carbocycles. The van der Waals surface area contributed by atoms with E-state index in [4.69, 9.17) is 26.4 Å². The van der Waals surface area contributed by atoms with Crippen LogP contribution >= 0.6 is 24.0 Å². The molecule has 0 atom stereocenters. The number of hydrogen-bond donors (Lipinski definition) is 0. The van der Waals surface area contributed by atoms with Crippen molar-refractivity contribution in [3.63, 3.8) is 0 Å². The van der Waals surface area contributed by atoms with E-state index >= 15 is 0 Å². The fraction of sp³-hybridized carbons (Fsp3) is 0.214. The topological polar surface area (TPSA) is 83.5 Å². The van der Waals surface area contributed by atoms with Gasteiger partial charge in [0.05, 0.1) is 30.4 Å². The minimum absolute atomic E-state index is 0.232. The van der Waals surface area contributed by atoms with E-state index in [-0.39, 0.29) is 18.0 Å². The number of thiocarbonyl (C=S) groups is 1. The molecule has 0 spiro atoms. The number of anilines is 2. The number of rotatable bonds is 6. The number of amides is 1.